The molecule has 3 rings (SSSR count). The Bertz CT molecular complexity index is 824. The number of aromatic carboxylic acids is 1. The molecule has 0 aliphatic rings. The molecule has 2 aromatic carbocycles. The maximum absolute atomic E-state index is 11.5. The van der Waals surface area contributed by atoms with Crippen molar-refractivity contribution in [1.82, 2.24) is 4.98 Å². The van der Waals surface area contributed by atoms with Crippen LogP contribution in [0.1, 0.15) is 26.5 Å². The second kappa shape index (κ2) is 6.75. The zero-order valence-corrected chi connectivity index (χ0v) is 13.6. The molecule has 0 bridgehead atoms. The quantitative estimate of drug-likeness (QED) is 0.746. The van der Waals surface area contributed by atoms with Gasteiger partial charge in [0.05, 0.1) is 5.69 Å². The van der Waals surface area contributed by atoms with Crippen molar-refractivity contribution in [3.05, 3.63) is 76.3 Å². The number of carboxylic acid groups (broad SMARTS) is 1. The van der Waals surface area contributed by atoms with Crippen molar-refractivity contribution in [2.75, 3.05) is 0 Å². The molecule has 0 saturated carbocycles. The van der Waals surface area contributed by atoms with Gasteiger partial charge in [-0.05, 0) is 30.9 Å². The molecule has 23 heavy (non-hydrogen) atoms. The number of benzene rings is 2. The third-order valence-electron chi connectivity index (χ3n) is 3.76. The van der Waals surface area contributed by atoms with Crippen LogP contribution in [-0.4, -0.2) is 16.1 Å². The van der Waals surface area contributed by atoms with Gasteiger partial charge in [0.25, 0.3) is 0 Å². The van der Waals surface area contributed by atoms with Crippen molar-refractivity contribution >= 4 is 17.3 Å². The Balaban J connectivity index is 1.90. The average Bonchev–Trinajstić information content (AvgIpc) is 2.99. The highest BCUT2D eigenvalue weighted by Gasteiger charge is 2.18. The minimum Gasteiger partial charge on any atom is -0.477 e. The topological polar surface area (TPSA) is 50.2 Å². The first-order valence-corrected chi connectivity index (χ1v) is 8.29. The monoisotopic (exact) mass is 323 g/mol. The summed E-state index contributed by atoms with van der Waals surface area (Å²) >= 11 is 1.26. The van der Waals surface area contributed by atoms with Gasteiger partial charge < -0.3 is 5.11 Å². The van der Waals surface area contributed by atoms with Crippen molar-refractivity contribution < 1.29 is 9.90 Å². The first-order chi connectivity index (χ1) is 11.1. The zero-order chi connectivity index (χ0) is 16.2. The van der Waals surface area contributed by atoms with Crippen LogP contribution in [0.5, 0.6) is 0 Å². The molecular weight excluding hydrogens is 306 g/mol. The van der Waals surface area contributed by atoms with E-state index < -0.39 is 5.97 Å². The minimum absolute atomic E-state index is 0.346. The van der Waals surface area contributed by atoms with Gasteiger partial charge in [0.2, 0.25) is 0 Å². The Morgan fingerprint density at radius 1 is 1.04 bits per heavy atom. The predicted octanol–water partition coefficient (Wildman–Crippen LogP) is 4.60. The SMILES string of the molecule is Cc1ccccc1-c1nc(CCc2ccccc2)c(C(=O)O)s1. The molecule has 0 fully saturated rings. The van der Waals surface area contributed by atoms with E-state index in [4.69, 9.17) is 0 Å². The van der Waals surface area contributed by atoms with Crippen molar-refractivity contribution in [3.63, 3.8) is 0 Å². The molecule has 0 aliphatic carbocycles. The van der Waals surface area contributed by atoms with Crippen LogP contribution in [0.2, 0.25) is 0 Å². The molecule has 1 heterocycles. The van der Waals surface area contributed by atoms with E-state index in [9.17, 15) is 9.90 Å². The number of hydrogen-bond acceptors (Lipinski definition) is 3. The molecule has 0 unspecified atom stereocenters. The zero-order valence-electron chi connectivity index (χ0n) is 12.8. The third-order valence-corrected chi connectivity index (χ3v) is 4.88. The summed E-state index contributed by atoms with van der Waals surface area (Å²) in [4.78, 5) is 16.5. The first-order valence-electron chi connectivity index (χ1n) is 7.48. The number of nitrogens with zero attached hydrogens (tertiary/aromatic N) is 1. The summed E-state index contributed by atoms with van der Waals surface area (Å²) in [6.45, 7) is 2.01. The highest BCUT2D eigenvalue weighted by molar-refractivity contribution is 7.17. The van der Waals surface area contributed by atoms with Gasteiger partial charge in [-0.2, -0.15) is 0 Å². The van der Waals surface area contributed by atoms with Crippen LogP contribution in [-0.2, 0) is 12.8 Å². The molecule has 3 aromatic rings. The number of rotatable bonds is 5. The molecule has 116 valence electrons. The largest absolute Gasteiger partial charge is 0.477 e. The minimum atomic E-state index is -0.898. The highest BCUT2D eigenvalue weighted by atomic mass is 32.1. The van der Waals surface area contributed by atoms with Gasteiger partial charge in [0.15, 0.2) is 0 Å². The molecule has 3 nitrogen and oxygen atoms in total. The van der Waals surface area contributed by atoms with Gasteiger partial charge in [-0.3, -0.25) is 0 Å². The number of aromatic nitrogens is 1. The molecule has 4 heteroatoms. The average molecular weight is 323 g/mol. The fourth-order valence-electron chi connectivity index (χ4n) is 2.52. The summed E-state index contributed by atoms with van der Waals surface area (Å²) in [5.74, 6) is -0.898. The van der Waals surface area contributed by atoms with E-state index in [1.54, 1.807) is 0 Å². The van der Waals surface area contributed by atoms with E-state index in [0.717, 1.165) is 22.6 Å². The summed E-state index contributed by atoms with van der Waals surface area (Å²) in [6, 6.07) is 18.0. The van der Waals surface area contributed by atoms with Crippen molar-refractivity contribution in [2.24, 2.45) is 0 Å². The molecule has 1 N–H and O–H groups in total. The normalized spacial score (nSPS) is 10.7. The van der Waals surface area contributed by atoms with Gasteiger partial charge in [-0.25, -0.2) is 9.78 Å². The van der Waals surface area contributed by atoms with Crippen LogP contribution in [0.4, 0.5) is 0 Å². The van der Waals surface area contributed by atoms with Crippen LogP contribution in [0.15, 0.2) is 54.6 Å². The number of hydrogen-bond donors (Lipinski definition) is 1. The van der Waals surface area contributed by atoms with E-state index in [1.807, 2.05) is 49.4 Å². The van der Waals surface area contributed by atoms with Gasteiger partial charge in [0.1, 0.15) is 9.88 Å². The van der Waals surface area contributed by atoms with E-state index in [0.29, 0.717) is 17.0 Å². The maximum atomic E-state index is 11.5. The molecule has 0 aliphatic heterocycles. The van der Waals surface area contributed by atoms with Crippen LogP contribution in [0, 0.1) is 6.92 Å². The van der Waals surface area contributed by atoms with Crippen LogP contribution in [0.25, 0.3) is 10.6 Å². The second-order valence-electron chi connectivity index (χ2n) is 5.40. The molecule has 1 aromatic heterocycles. The Kier molecular flexibility index (Phi) is 4.53. The summed E-state index contributed by atoms with van der Waals surface area (Å²) in [7, 11) is 0. The third kappa shape index (κ3) is 3.48. The molecular formula is C19H17NO2S. The van der Waals surface area contributed by atoms with Gasteiger partial charge in [0, 0.05) is 5.56 Å². The van der Waals surface area contributed by atoms with Crippen molar-refractivity contribution in [3.8, 4) is 10.6 Å². The van der Waals surface area contributed by atoms with Crippen LogP contribution < -0.4 is 0 Å². The van der Waals surface area contributed by atoms with Gasteiger partial charge >= 0.3 is 5.97 Å². The summed E-state index contributed by atoms with van der Waals surface area (Å²) in [5, 5.41) is 10.2. The second-order valence-corrected chi connectivity index (χ2v) is 6.40. The van der Waals surface area contributed by atoms with Crippen molar-refractivity contribution in [2.45, 2.75) is 19.8 Å². The molecule has 0 spiro atoms. The van der Waals surface area contributed by atoms with E-state index in [-0.39, 0.29) is 0 Å². The summed E-state index contributed by atoms with van der Waals surface area (Å²) < 4.78 is 0. The van der Waals surface area contributed by atoms with E-state index in [2.05, 4.69) is 17.1 Å². The fraction of sp³-hybridized carbons (Fsp3) is 0.158. The molecule has 0 radical (unpaired) electrons. The van der Waals surface area contributed by atoms with Crippen LogP contribution >= 0.6 is 11.3 Å². The number of aryl methyl sites for hydroxylation is 3. The Labute approximate surface area is 139 Å². The van der Waals surface area contributed by atoms with Crippen LogP contribution in [0.3, 0.4) is 0 Å². The Hall–Kier alpha value is -2.46. The lowest BCUT2D eigenvalue weighted by molar-refractivity contribution is 0.0700. The molecule has 0 amide bonds. The number of thiazole rings is 1. The highest BCUT2D eigenvalue weighted by Crippen LogP contribution is 2.31. The fourth-order valence-corrected chi connectivity index (χ4v) is 3.56. The molecule has 0 atom stereocenters. The Morgan fingerprint density at radius 2 is 1.74 bits per heavy atom. The van der Waals surface area contributed by atoms with Gasteiger partial charge in [-0.1, -0.05) is 54.6 Å². The van der Waals surface area contributed by atoms with E-state index >= 15 is 0 Å². The lowest BCUT2D eigenvalue weighted by Crippen LogP contribution is -2.00. The smallest absolute Gasteiger partial charge is 0.347 e. The lowest BCUT2D eigenvalue weighted by atomic mass is 10.1. The lowest BCUT2D eigenvalue weighted by Gasteiger charge is -2.01. The van der Waals surface area contributed by atoms with E-state index in [1.165, 1.54) is 16.9 Å². The molecule has 0 saturated heterocycles. The summed E-state index contributed by atoms with van der Waals surface area (Å²) in [5.41, 5.74) is 3.97. The predicted molar refractivity (Wildman–Crippen MR) is 93.1 cm³/mol. The van der Waals surface area contributed by atoms with Crippen molar-refractivity contribution in [1.29, 1.82) is 0 Å². The number of carbonyl (C=O) groups is 1. The maximum Gasteiger partial charge on any atom is 0.347 e. The number of carboxylic acids is 1. The first kappa shape index (κ1) is 15.4. The Morgan fingerprint density at radius 3 is 2.43 bits per heavy atom. The summed E-state index contributed by atoms with van der Waals surface area (Å²) in [6.07, 6.45) is 1.42. The standard InChI is InChI=1S/C19H17NO2S/c1-13-7-5-6-10-15(13)18-20-16(17(23-18)19(21)22)12-11-14-8-3-2-4-9-14/h2-10H,11-12H2,1H3,(H,21,22). The van der Waals surface area contributed by atoms with Gasteiger partial charge in [-0.15, -0.1) is 11.3 Å².